The lowest BCUT2D eigenvalue weighted by Gasteiger charge is -2.23. The van der Waals surface area contributed by atoms with Crippen molar-refractivity contribution in [1.82, 2.24) is 10.3 Å². The fourth-order valence-electron chi connectivity index (χ4n) is 2.93. The van der Waals surface area contributed by atoms with Crippen LogP contribution in [0.4, 0.5) is 0 Å². The Morgan fingerprint density at radius 3 is 3.10 bits per heavy atom. The van der Waals surface area contributed by atoms with Gasteiger partial charge in [-0.1, -0.05) is 13.8 Å². The summed E-state index contributed by atoms with van der Waals surface area (Å²) >= 11 is 0. The number of fused-ring (bicyclic) bond motifs is 1. The van der Waals surface area contributed by atoms with Crippen LogP contribution in [0.1, 0.15) is 66.0 Å². The van der Waals surface area contributed by atoms with E-state index in [2.05, 4.69) is 24.1 Å². The van der Waals surface area contributed by atoms with Gasteiger partial charge in [-0.2, -0.15) is 0 Å². The van der Waals surface area contributed by atoms with Crippen LogP contribution in [0.3, 0.4) is 0 Å². The van der Waals surface area contributed by atoms with Gasteiger partial charge in [0.1, 0.15) is 5.76 Å². The predicted molar refractivity (Wildman–Crippen MR) is 76.7 cm³/mol. The average molecular weight is 272 g/mol. The third-order valence-electron chi connectivity index (χ3n) is 3.96. The number of amides is 1. The quantitative estimate of drug-likeness (QED) is 0.897. The number of hydrogen-bond donors (Lipinski definition) is 2. The average Bonchev–Trinajstić information content (AvgIpc) is 3.08. The van der Waals surface area contributed by atoms with Crippen molar-refractivity contribution in [2.45, 2.75) is 45.1 Å². The van der Waals surface area contributed by atoms with Gasteiger partial charge < -0.3 is 14.7 Å². The summed E-state index contributed by atoms with van der Waals surface area (Å²) in [6, 6.07) is 3.89. The van der Waals surface area contributed by atoms with Crippen molar-refractivity contribution >= 4 is 5.91 Å². The number of aromatic nitrogens is 1. The van der Waals surface area contributed by atoms with Gasteiger partial charge in [0.2, 0.25) is 0 Å². The number of carbonyl (C=O) groups is 1. The molecule has 0 aliphatic heterocycles. The van der Waals surface area contributed by atoms with Gasteiger partial charge in [0.25, 0.3) is 5.91 Å². The van der Waals surface area contributed by atoms with Gasteiger partial charge in [0.15, 0.2) is 0 Å². The number of aryl methyl sites for hydroxylation is 1. The summed E-state index contributed by atoms with van der Waals surface area (Å²) < 4.78 is 5.46. The minimum absolute atomic E-state index is 0.00556. The monoisotopic (exact) mass is 272 g/mol. The lowest BCUT2D eigenvalue weighted by atomic mass is 9.93. The first kappa shape index (κ1) is 13.0. The third kappa shape index (κ3) is 2.26. The number of carbonyl (C=O) groups excluding carboxylic acids is 1. The number of H-pyrrole nitrogens is 1. The van der Waals surface area contributed by atoms with E-state index in [1.165, 1.54) is 0 Å². The first-order valence-corrected chi connectivity index (χ1v) is 7.21. The Morgan fingerprint density at radius 1 is 1.45 bits per heavy atom. The molecule has 1 aliphatic carbocycles. The number of rotatable bonds is 3. The maximum atomic E-state index is 12.5. The summed E-state index contributed by atoms with van der Waals surface area (Å²) in [7, 11) is 0. The molecule has 3 rings (SSSR count). The zero-order chi connectivity index (χ0) is 14.1. The second kappa shape index (κ2) is 5.19. The smallest absolute Gasteiger partial charge is 0.253 e. The van der Waals surface area contributed by atoms with E-state index in [1.807, 2.05) is 18.3 Å². The molecule has 20 heavy (non-hydrogen) atoms. The Labute approximate surface area is 118 Å². The number of nitrogens with one attached hydrogen (secondary N) is 2. The minimum atomic E-state index is -0.00556. The first-order valence-electron chi connectivity index (χ1n) is 7.21. The zero-order valence-electron chi connectivity index (χ0n) is 11.9. The van der Waals surface area contributed by atoms with Crippen LogP contribution in [0.2, 0.25) is 0 Å². The molecule has 2 aromatic rings. The van der Waals surface area contributed by atoms with E-state index in [9.17, 15) is 4.79 Å². The van der Waals surface area contributed by atoms with E-state index < -0.39 is 0 Å². The molecule has 1 amide bonds. The summed E-state index contributed by atoms with van der Waals surface area (Å²) in [4.78, 5) is 15.6. The molecule has 106 valence electrons. The highest BCUT2D eigenvalue weighted by Crippen LogP contribution is 2.31. The van der Waals surface area contributed by atoms with Gasteiger partial charge >= 0.3 is 0 Å². The number of furan rings is 1. The molecule has 1 atom stereocenters. The molecule has 4 nitrogen and oxygen atoms in total. The number of hydrogen-bond acceptors (Lipinski definition) is 2. The fraction of sp³-hybridized carbons (Fsp3) is 0.438. The molecule has 0 radical (unpaired) electrons. The van der Waals surface area contributed by atoms with Crippen LogP contribution in [-0.4, -0.2) is 10.9 Å². The molecule has 0 spiro atoms. The van der Waals surface area contributed by atoms with Gasteiger partial charge in [-0.3, -0.25) is 4.79 Å². The first-order chi connectivity index (χ1) is 9.66. The molecule has 0 unspecified atom stereocenters. The van der Waals surface area contributed by atoms with E-state index in [1.54, 1.807) is 6.26 Å². The van der Waals surface area contributed by atoms with Crippen molar-refractivity contribution < 1.29 is 9.21 Å². The highest BCUT2D eigenvalue weighted by atomic mass is 16.3. The Bertz CT molecular complexity index is 610. The van der Waals surface area contributed by atoms with E-state index in [4.69, 9.17) is 4.42 Å². The van der Waals surface area contributed by atoms with Crippen molar-refractivity contribution in [2.24, 2.45) is 0 Å². The maximum Gasteiger partial charge on any atom is 0.253 e. The minimum Gasteiger partial charge on any atom is -0.469 e. The third-order valence-corrected chi connectivity index (χ3v) is 3.96. The van der Waals surface area contributed by atoms with Crippen LogP contribution in [0.5, 0.6) is 0 Å². The molecule has 0 fully saturated rings. The van der Waals surface area contributed by atoms with Gasteiger partial charge in [0, 0.05) is 23.9 Å². The van der Waals surface area contributed by atoms with Gasteiger partial charge in [-0.15, -0.1) is 0 Å². The molecule has 1 aliphatic rings. The van der Waals surface area contributed by atoms with E-state index in [0.717, 1.165) is 41.8 Å². The highest BCUT2D eigenvalue weighted by Gasteiger charge is 2.25. The fourth-order valence-corrected chi connectivity index (χ4v) is 2.93. The standard InChI is InChI=1S/C16H20N2O2/c1-10(2)15-12(6-8-17-15)16(19)18-13-4-3-5-14-11(13)7-9-20-14/h6-10,13,17H,3-5H2,1-2H3,(H,18,19)/t13-/m1/s1. The second-order valence-corrected chi connectivity index (χ2v) is 5.68. The van der Waals surface area contributed by atoms with Gasteiger partial charge in [-0.05, 0) is 30.9 Å². The lowest BCUT2D eigenvalue weighted by molar-refractivity contribution is 0.0931. The lowest BCUT2D eigenvalue weighted by Crippen LogP contribution is -2.30. The van der Waals surface area contributed by atoms with E-state index in [0.29, 0.717) is 5.92 Å². The van der Waals surface area contributed by atoms with Crippen molar-refractivity contribution in [3.63, 3.8) is 0 Å². The van der Waals surface area contributed by atoms with Crippen LogP contribution < -0.4 is 5.32 Å². The SMILES string of the molecule is CC(C)c1[nH]ccc1C(=O)N[C@@H]1CCCc2occc21. The van der Waals surface area contributed by atoms with Crippen LogP contribution in [0, 0.1) is 0 Å². The van der Waals surface area contributed by atoms with Crippen molar-refractivity contribution in [1.29, 1.82) is 0 Å². The Morgan fingerprint density at radius 2 is 2.30 bits per heavy atom. The molecule has 0 saturated heterocycles. The Hall–Kier alpha value is -1.97. The van der Waals surface area contributed by atoms with Crippen LogP contribution >= 0.6 is 0 Å². The molecule has 0 saturated carbocycles. The summed E-state index contributed by atoms with van der Waals surface area (Å²) in [5.74, 6) is 1.32. The van der Waals surface area contributed by atoms with Gasteiger partial charge in [-0.25, -0.2) is 0 Å². The number of aromatic amines is 1. The molecule has 0 aromatic carbocycles. The van der Waals surface area contributed by atoms with E-state index >= 15 is 0 Å². The van der Waals surface area contributed by atoms with Crippen LogP contribution in [-0.2, 0) is 6.42 Å². The molecule has 2 aromatic heterocycles. The Balaban J connectivity index is 1.79. The predicted octanol–water partition coefficient (Wildman–Crippen LogP) is 3.54. The zero-order valence-corrected chi connectivity index (χ0v) is 11.9. The summed E-state index contributed by atoms with van der Waals surface area (Å²) in [5, 5.41) is 3.14. The molecular weight excluding hydrogens is 252 g/mol. The van der Waals surface area contributed by atoms with Crippen LogP contribution in [0.25, 0.3) is 0 Å². The molecule has 4 heteroatoms. The maximum absolute atomic E-state index is 12.5. The summed E-state index contributed by atoms with van der Waals surface area (Å²) in [6.45, 7) is 4.16. The van der Waals surface area contributed by atoms with Crippen LogP contribution in [0.15, 0.2) is 29.0 Å². The van der Waals surface area contributed by atoms with E-state index in [-0.39, 0.29) is 11.9 Å². The second-order valence-electron chi connectivity index (χ2n) is 5.68. The summed E-state index contributed by atoms with van der Waals surface area (Å²) in [5.41, 5.74) is 2.87. The van der Waals surface area contributed by atoms with Gasteiger partial charge in [0.05, 0.1) is 17.9 Å². The molecule has 2 heterocycles. The summed E-state index contributed by atoms with van der Waals surface area (Å²) in [6.07, 6.45) is 6.53. The highest BCUT2D eigenvalue weighted by molar-refractivity contribution is 5.95. The Kier molecular flexibility index (Phi) is 3.38. The topological polar surface area (TPSA) is 58.0 Å². The molecular formula is C16H20N2O2. The molecule has 0 bridgehead atoms. The van der Waals surface area contributed by atoms with Crippen molar-refractivity contribution in [3.05, 3.63) is 47.2 Å². The van der Waals surface area contributed by atoms with Crippen molar-refractivity contribution in [3.8, 4) is 0 Å². The van der Waals surface area contributed by atoms with Crippen molar-refractivity contribution in [2.75, 3.05) is 0 Å². The largest absolute Gasteiger partial charge is 0.469 e. The normalized spacial score (nSPS) is 18.1. The molecule has 2 N–H and O–H groups in total.